The third-order valence-corrected chi connectivity index (χ3v) is 6.78. The van der Waals surface area contributed by atoms with Gasteiger partial charge in [-0.15, -0.1) is 0 Å². The van der Waals surface area contributed by atoms with E-state index in [1.165, 1.54) is 19.1 Å². The largest absolute Gasteiger partial charge is 0.437 e. The van der Waals surface area contributed by atoms with E-state index in [2.05, 4.69) is 26.7 Å². The van der Waals surface area contributed by atoms with Crippen LogP contribution in [-0.2, 0) is 10.2 Å². The summed E-state index contributed by atoms with van der Waals surface area (Å²) in [7, 11) is 0. The van der Waals surface area contributed by atoms with Gasteiger partial charge in [-0.25, -0.2) is 14.4 Å². The number of carbonyl (C=O) groups excluding carboxylic acids is 2. The normalized spacial score (nSPS) is 11.2. The monoisotopic (exact) mass is 557 g/mol. The molecule has 2 heterocycles. The number of amides is 2. The van der Waals surface area contributed by atoms with E-state index < -0.39 is 17.1 Å². The van der Waals surface area contributed by atoms with Crippen molar-refractivity contribution >= 4 is 67.5 Å². The first-order chi connectivity index (χ1) is 17.5. The van der Waals surface area contributed by atoms with Crippen LogP contribution < -0.4 is 15.4 Å². The van der Waals surface area contributed by atoms with Crippen molar-refractivity contribution in [1.29, 1.82) is 5.26 Å². The molecule has 0 saturated carbocycles. The molecule has 2 aromatic carbocycles. The second kappa shape index (κ2) is 10.3. The first-order valence-corrected chi connectivity index (χ1v) is 12.3. The van der Waals surface area contributed by atoms with Crippen molar-refractivity contribution in [3.63, 3.8) is 0 Å². The number of halogens is 3. The Morgan fingerprint density at radius 1 is 1.14 bits per heavy atom. The van der Waals surface area contributed by atoms with E-state index in [9.17, 15) is 19.2 Å². The van der Waals surface area contributed by atoms with Crippen LogP contribution in [0.3, 0.4) is 0 Å². The van der Waals surface area contributed by atoms with Gasteiger partial charge in [0.15, 0.2) is 5.13 Å². The second-order valence-corrected chi connectivity index (χ2v) is 10.2. The van der Waals surface area contributed by atoms with E-state index in [0.29, 0.717) is 21.0 Å². The number of anilines is 2. The molecule has 0 spiro atoms. The first-order valence-electron chi connectivity index (χ1n) is 10.7. The maximum absolute atomic E-state index is 14.7. The molecule has 0 aliphatic heterocycles. The predicted octanol–water partition coefficient (Wildman–Crippen LogP) is 6.94. The Hall–Kier alpha value is -3.78. The summed E-state index contributed by atoms with van der Waals surface area (Å²) in [5, 5.41) is 14.9. The number of hydrogen-bond acceptors (Lipinski definition) is 7. The van der Waals surface area contributed by atoms with Crippen molar-refractivity contribution in [2.75, 3.05) is 10.6 Å². The lowest BCUT2D eigenvalue weighted by Gasteiger charge is -2.19. The maximum Gasteiger partial charge on any atom is 0.257 e. The van der Waals surface area contributed by atoms with Gasteiger partial charge in [-0.1, -0.05) is 46.7 Å². The van der Waals surface area contributed by atoms with Gasteiger partial charge in [-0.05, 0) is 37.6 Å². The van der Waals surface area contributed by atoms with Gasteiger partial charge in [0.25, 0.3) is 5.91 Å². The minimum Gasteiger partial charge on any atom is -0.437 e. The zero-order chi connectivity index (χ0) is 26.9. The van der Waals surface area contributed by atoms with Crippen molar-refractivity contribution in [2.45, 2.75) is 26.2 Å². The standard InChI is InChI=1S/C25H18Cl2FN5O3S/c1-12(34)30-24-32-17-7-8-20(33-23(17)37-24)36-19-10-18(16(28)9-15(19)26)31-22(35)13-5-4-6-14(21(13)27)25(2,3)11-29/h4-10H,1-3H3,(H,31,35)(H,30,32,34). The van der Waals surface area contributed by atoms with Crippen LogP contribution >= 0.6 is 34.5 Å². The fraction of sp³-hybridized carbons (Fsp3) is 0.160. The summed E-state index contributed by atoms with van der Waals surface area (Å²) < 4.78 is 20.5. The third-order valence-electron chi connectivity index (χ3n) is 5.19. The zero-order valence-electron chi connectivity index (χ0n) is 19.6. The number of nitrogens with zero attached hydrogens (tertiary/aromatic N) is 3. The van der Waals surface area contributed by atoms with Crippen molar-refractivity contribution < 1.29 is 18.7 Å². The predicted molar refractivity (Wildman–Crippen MR) is 141 cm³/mol. The highest BCUT2D eigenvalue weighted by Crippen LogP contribution is 2.36. The second-order valence-electron chi connectivity index (χ2n) is 8.40. The summed E-state index contributed by atoms with van der Waals surface area (Å²) in [6.07, 6.45) is 0. The summed E-state index contributed by atoms with van der Waals surface area (Å²) in [4.78, 5) is 33.3. The number of aromatic nitrogens is 2. The molecule has 2 N–H and O–H groups in total. The number of benzene rings is 2. The number of nitrogens with one attached hydrogen (secondary N) is 2. The molecular formula is C25H18Cl2FN5O3S. The van der Waals surface area contributed by atoms with Gasteiger partial charge in [0.05, 0.1) is 32.8 Å². The van der Waals surface area contributed by atoms with Gasteiger partial charge in [-0.3, -0.25) is 9.59 Å². The average molecular weight is 558 g/mol. The highest BCUT2D eigenvalue weighted by Gasteiger charge is 2.26. The van der Waals surface area contributed by atoms with E-state index in [-0.39, 0.29) is 38.8 Å². The summed E-state index contributed by atoms with van der Waals surface area (Å²) >= 11 is 13.8. The van der Waals surface area contributed by atoms with Crippen LogP contribution in [0.2, 0.25) is 10.0 Å². The molecular weight excluding hydrogens is 540 g/mol. The highest BCUT2D eigenvalue weighted by atomic mass is 35.5. The van der Waals surface area contributed by atoms with Gasteiger partial charge in [0.2, 0.25) is 11.8 Å². The molecule has 8 nitrogen and oxygen atoms in total. The number of thiazole rings is 1. The number of carbonyl (C=O) groups is 2. The van der Waals surface area contributed by atoms with Gasteiger partial charge < -0.3 is 15.4 Å². The Morgan fingerprint density at radius 2 is 1.89 bits per heavy atom. The van der Waals surface area contributed by atoms with Crippen molar-refractivity contribution in [1.82, 2.24) is 9.97 Å². The van der Waals surface area contributed by atoms with Gasteiger partial charge in [0, 0.05) is 19.1 Å². The van der Waals surface area contributed by atoms with E-state index in [4.69, 9.17) is 27.9 Å². The van der Waals surface area contributed by atoms with Gasteiger partial charge in [0.1, 0.15) is 21.9 Å². The lowest BCUT2D eigenvalue weighted by molar-refractivity contribution is -0.114. The van der Waals surface area contributed by atoms with Crippen LogP contribution in [0.1, 0.15) is 36.7 Å². The van der Waals surface area contributed by atoms with Crippen LogP contribution in [-0.4, -0.2) is 21.8 Å². The SMILES string of the molecule is CC(=O)Nc1nc2ccc(Oc3cc(NC(=O)c4cccc(C(C)(C)C#N)c4Cl)c(F)cc3Cl)nc2s1. The molecule has 0 bridgehead atoms. The van der Waals surface area contributed by atoms with Crippen molar-refractivity contribution in [2.24, 2.45) is 0 Å². The molecule has 0 atom stereocenters. The quantitative estimate of drug-likeness (QED) is 0.265. The Labute approximate surface area is 225 Å². The molecule has 4 rings (SSSR count). The van der Waals surface area contributed by atoms with Crippen LogP contribution in [0.15, 0.2) is 42.5 Å². The first kappa shape index (κ1) is 26.3. The van der Waals surface area contributed by atoms with E-state index in [0.717, 1.165) is 17.4 Å². The third kappa shape index (κ3) is 5.64. The van der Waals surface area contributed by atoms with Crippen molar-refractivity contribution in [3.05, 3.63) is 69.5 Å². The summed E-state index contributed by atoms with van der Waals surface area (Å²) in [5.41, 5.74) is -0.0347. The van der Waals surface area contributed by atoms with Crippen LogP contribution in [0.25, 0.3) is 10.3 Å². The number of nitriles is 1. The number of pyridine rings is 1. The molecule has 0 aliphatic rings. The number of fused-ring (bicyclic) bond motifs is 1. The molecule has 12 heteroatoms. The number of rotatable bonds is 6. The molecule has 0 aliphatic carbocycles. The molecule has 0 fully saturated rings. The van der Waals surface area contributed by atoms with Crippen LogP contribution in [0, 0.1) is 17.1 Å². The molecule has 0 radical (unpaired) electrons. The highest BCUT2D eigenvalue weighted by molar-refractivity contribution is 7.21. The fourth-order valence-electron chi connectivity index (χ4n) is 3.32. The maximum atomic E-state index is 14.7. The molecule has 0 unspecified atom stereocenters. The molecule has 2 amide bonds. The molecule has 37 heavy (non-hydrogen) atoms. The van der Waals surface area contributed by atoms with E-state index >= 15 is 0 Å². The van der Waals surface area contributed by atoms with E-state index in [1.807, 2.05) is 0 Å². The molecule has 2 aromatic heterocycles. The lowest BCUT2D eigenvalue weighted by atomic mass is 9.85. The zero-order valence-corrected chi connectivity index (χ0v) is 22.0. The van der Waals surface area contributed by atoms with E-state index in [1.54, 1.807) is 38.1 Å². The van der Waals surface area contributed by atoms with Crippen LogP contribution in [0.5, 0.6) is 11.6 Å². The Kier molecular flexibility index (Phi) is 7.32. The fourth-order valence-corrected chi connectivity index (χ4v) is 4.83. The molecule has 4 aromatic rings. The Morgan fingerprint density at radius 3 is 2.59 bits per heavy atom. The van der Waals surface area contributed by atoms with Crippen LogP contribution in [0.4, 0.5) is 15.2 Å². The summed E-state index contributed by atoms with van der Waals surface area (Å²) in [6.45, 7) is 4.73. The Bertz CT molecular complexity index is 1600. The summed E-state index contributed by atoms with van der Waals surface area (Å²) in [5.74, 6) is -1.54. The Balaban J connectivity index is 1.60. The summed E-state index contributed by atoms with van der Waals surface area (Å²) in [6, 6.07) is 12.3. The smallest absolute Gasteiger partial charge is 0.257 e. The minimum absolute atomic E-state index is 0.0438. The molecule has 188 valence electrons. The minimum atomic E-state index is -0.936. The number of ether oxygens (including phenoxy) is 1. The topological polar surface area (TPSA) is 117 Å². The van der Waals surface area contributed by atoms with Gasteiger partial charge in [-0.2, -0.15) is 5.26 Å². The average Bonchev–Trinajstić information content (AvgIpc) is 3.22. The molecule has 0 saturated heterocycles. The van der Waals surface area contributed by atoms with Gasteiger partial charge >= 0.3 is 0 Å². The lowest BCUT2D eigenvalue weighted by Crippen LogP contribution is -2.19. The van der Waals surface area contributed by atoms with Crippen molar-refractivity contribution in [3.8, 4) is 17.7 Å². The number of hydrogen-bond donors (Lipinski definition) is 2.